The minimum atomic E-state index is -0.788. The van der Waals surface area contributed by atoms with E-state index in [1.165, 1.54) is 0 Å². The lowest BCUT2D eigenvalue weighted by molar-refractivity contribution is -0.136. The monoisotopic (exact) mass is 409 g/mol. The molecule has 8 heteroatoms. The molecule has 2 heterocycles. The number of likely N-dealkylation sites (tertiary alicyclic amines) is 1. The van der Waals surface area contributed by atoms with Crippen molar-refractivity contribution >= 4 is 23.4 Å². The lowest BCUT2D eigenvalue weighted by Crippen LogP contribution is -2.43. The molecule has 1 aliphatic rings. The van der Waals surface area contributed by atoms with E-state index in [1.807, 2.05) is 6.07 Å². The van der Waals surface area contributed by atoms with E-state index in [4.69, 9.17) is 0 Å². The van der Waals surface area contributed by atoms with Crippen LogP contribution in [0.2, 0.25) is 0 Å². The molecular formula is C22H27N5O3. The quantitative estimate of drug-likeness (QED) is 0.602. The van der Waals surface area contributed by atoms with Gasteiger partial charge in [0.05, 0.1) is 11.3 Å². The van der Waals surface area contributed by atoms with Crippen molar-refractivity contribution in [2.45, 2.75) is 32.4 Å². The SMILES string of the molecule is CCN1CCC[C@H]1CNC(=O)C(=O)Nc1ccccc1C(=O)NCc1cccnc1. The van der Waals surface area contributed by atoms with Gasteiger partial charge in [0.2, 0.25) is 0 Å². The number of aromatic nitrogens is 1. The van der Waals surface area contributed by atoms with E-state index in [2.05, 4.69) is 32.8 Å². The molecule has 0 aliphatic carbocycles. The Morgan fingerprint density at radius 2 is 1.93 bits per heavy atom. The fourth-order valence-corrected chi connectivity index (χ4v) is 3.58. The maximum Gasteiger partial charge on any atom is 0.313 e. The van der Waals surface area contributed by atoms with E-state index in [0.717, 1.165) is 31.5 Å². The zero-order valence-corrected chi connectivity index (χ0v) is 17.1. The second-order valence-electron chi connectivity index (χ2n) is 7.18. The number of amides is 3. The van der Waals surface area contributed by atoms with Gasteiger partial charge in [-0.25, -0.2) is 0 Å². The zero-order chi connectivity index (χ0) is 21.3. The molecule has 3 N–H and O–H groups in total. The summed E-state index contributed by atoms with van der Waals surface area (Å²) in [6.07, 6.45) is 5.44. The number of para-hydroxylation sites is 1. The van der Waals surface area contributed by atoms with E-state index >= 15 is 0 Å². The Morgan fingerprint density at radius 1 is 1.10 bits per heavy atom. The van der Waals surface area contributed by atoms with Crippen LogP contribution in [0, 0.1) is 0 Å². The van der Waals surface area contributed by atoms with Gasteiger partial charge in [0, 0.05) is 31.5 Å². The number of rotatable bonds is 7. The van der Waals surface area contributed by atoms with Crippen LogP contribution in [0.15, 0.2) is 48.8 Å². The normalized spacial score (nSPS) is 16.1. The fourth-order valence-electron chi connectivity index (χ4n) is 3.58. The van der Waals surface area contributed by atoms with Crippen molar-refractivity contribution < 1.29 is 14.4 Å². The van der Waals surface area contributed by atoms with Crippen LogP contribution >= 0.6 is 0 Å². The highest BCUT2D eigenvalue weighted by molar-refractivity contribution is 6.40. The van der Waals surface area contributed by atoms with Crippen molar-refractivity contribution in [1.82, 2.24) is 20.5 Å². The summed E-state index contributed by atoms with van der Waals surface area (Å²) in [7, 11) is 0. The first-order valence-corrected chi connectivity index (χ1v) is 10.2. The van der Waals surface area contributed by atoms with Gasteiger partial charge in [0.1, 0.15) is 0 Å². The number of nitrogens with zero attached hydrogens (tertiary/aromatic N) is 2. The van der Waals surface area contributed by atoms with Crippen molar-refractivity contribution in [3.05, 3.63) is 59.9 Å². The lowest BCUT2D eigenvalue weighted by atomic mass is 10.1. The number of hydrogen-bond donors (Lipinski definition) is 3. The average Bonchev–Trinajstić information content (AvgIpc) is 3.24. The van der Waals surface area contributed by atoms with Crippen LogP contribution < -0.4 is 16.0 Å². The molecule has 3 amide bonds. The molecule has 1 aromatic heterocycles. The molecule has 158 valence electrons. The number of carbonyl (C=O) groups excluding carboxylic acids is 3. The van der Waals surface area contributed by atoms with E-state index in [0.29, 0.717) is 13.1 Å². The number of nitrogens with one attached hydrogen (secondary N) is 3. The molecule has 1 atom stereocenters. The number of anilines is 1. The Labute approximate surface area is 176 Å². The molecule has 1 aromatic carbocycles. The Bertz CT molecular complexity index is 887. The van der Waals surface area contributed by atoms with Gasteiger partial charge in [-0.15, -0.1) is 0 Å². The second kappa shape index (κ2) is 10.5. The molecule has 0 bridgehead atoms. The minimum absolute atomic E-state index is 0.261. The van der Waals surface area contributed by atoms with Gasteiger partial charge in [-0.3, -0.25) is 24.3 Å². The Hall–Kier alpha value is -3.26. The summed E-state index contributed by atoms with van der Waals surface area (Å²) in [5.41, 5.74) is 1.44. The number of hydrogen-bond acceptors (Lipinski definition) is 5. The number of benzene rings is 1. The van der Waals surface area contributed by atoms with E-state index in [9.17, 15) is 14.4 Å². The summed E-state index contributed by atoms with van der Waals surface area (Å²) < 4.78 is 0. The average molecular weight is 409 g/mol. The second-order valence-corrected chi connectivity index (χ2v) is 7.18. The number of carbonyl (C=O) groups is 3. The molecule has 0 unspecified atom stereocenters. The van der Waals surface area contributed by atoms with Crippen molar-refractivity contribution in [2.24, 2.45) is 0 Å². The fraction of sp³-hybridized carbons (Fsp3) is 0.364. The minimum Gasteiger partial charge on any atom is -0.348 e. The predicted octanol–water partition coefficient (Wildman–Crippen LogP) is 1.55. The molecular weight excluding hydrogens is 382 g/mol. The van der Waals surface area contributed by atoms with Gasteiger partial charge >= 0.3 is 11.8 Å². The van der Waals surface area contributed by atoms with Crippen LogP contribution in [0.25, 0.3) is 0 Å². The van der Waals surface area contributed by atoms with Gasteiger partial charge in [0.15, 0.2) is 0 Å². The standard InChI is InChI=1S/C22H27N5O3/c1-2-27-12-6-8-17(27)15-25-21(29)22(30)26-19-10-4-3-9-18(19)20(28)24-14-16-7-5-11-23-13-16/h3-5,7,9-11,13,17H,2,6,8,12,14-15H2,1H3,(H,24,28)(H,25,29)(H,26,30)/t17-/m0/s1. The summed E-state index contributed by atoms with van der Waals surface area (Å²) in [5.74, 6) is -1.84. The predicted molar refractivity (Wildman–Crippen MR) is 114 cm³/mol. The van der Waals surface area contributed by atoms with Gasteiger partial charge in [-0.1, -0.05) is 25.1 Å². The van der Waals surface area contributed by atoms with Crippen LogP contribution in [0.1, 0.15) is 35.7 Å². The maximum absolute atomic E-state index is 12.6. The van der Waals surface area contributed by atoms with Crippen LogP contribution in [-0.4, -0.2) is 53.3 Å². The first-order chi connectivity index (χ1) is 14.6. The summed E-state index contributed by atoms with van der Waals surface area (Å²) in [6.45, 7) is 4.78. The molecule has 1 fully saturated rings. The smallest absolute Gasteiger partial charge is 0.313 e. The highest BCUT2D eigenvalue weighted by Crippen LogP contribution is 2.16. The van der Waals surface area contributed by atoms with Crippen molar-refractivity contribution in [3.8, 4) is 0 Å². The summed E-state index contributed by atoms with van der Waals surface area (Å²) in [6, 6.07) is 10.5. The number of likely N-dealkylation sites (N-methyl/N-ethyl adjacent to an activating group) is 1. The van der Waals surface area contributed by atoms with E-state index in [1.54, 1.807) is 42.7 Å². The largest absolute Gasteiger partial charge is 0.348 e. The van der Waals surface area contributed by atoms with Crippen LogP contribution in [-0.2, 0) is 16.1 Å². The lowest BCUT2D eigenvalue weighted by Gasteiger charge is -2.22. The van der Waals surface area contributed by atoms with Crippen molar-refractivity contribution in [2.75, 3.05) is 25.0 Å². The Kier molecular flexibility index (Phi) is 7.51. The zero-order valence-electron chi connectivity index (χ0n) is 17.1. The van der Waals surface area contributed by atoms with Crippen molar-refractivity contribution in [1.29, 1.82) is 0 Å². The van der Waals surface area contributed by atoms with Crippen LogP contribution in [0.5, 0.6) is 0 Å². The van der Waals surface area contributed by atoms with Crippen LogP contribution in [0.4, 0.5) is 5.69 Å². The third-order valence-electron chi connectivity index (χ3n) is 5.21. The molecule has 30 heavy (non-hydrogen) atoms. The van der Waals surface area contributed by atoms with Gasteiger partial charge < -0.3 is 16.0 Å². The van der Waals surface area contributed by atoms with Crippen molar-refractivity contribution in [3.63, 3.8) is 0 Å². The molecule has 0 saturated carbocycles. The van der Waals surface area contributed by atoms with Gasteiger partial charge in [-0.05, 0) is 49.7 Å². The third kappa shape index (κ3) is 5.64. The first-order valence-electron chi connectivity index (χ1n) is 10.2. The maximum atomic E-state index is 12.6. The molecule has 0 radical (unpaired) electrons. The van der Waals surface area contributed by atoms with Crippen LogP contribution in [0.3, 0.4) is 0 Å². The topological polar surface area (TPSA) is 103 Å². The molecule has 1 aliphatic heterocycles. The molecule has 0 spiro atoms. The highest BCUT2D eigenvalue weighted by Gasteiger charge is 2.25. The first kappa shape index (κ1) is 21.4. The summed E-state index contributed by atoms with van der Waals surface area (Å²) >= 11 is 0. The summed E-state index contributed by atoms with van der Waals surface area (Å²) in [5, 5.41) is 8.05. The number of pyridine rings is 1. The Morgan fingerprint density at radius 3 is 2.70 bits per heavy atom. The molecule has 8 nitrogen and oxygen atoms in total. The third-order valence-corrected chi connectivity index (χ3v) is 5.21. The van der Waals surface area contributed by atoms with E-state index < -0.39 is 11.8 Å². The van der Waals surface area contributed by atoms with E-state index in [-0.39, 0.29) is 23.2 Å². The highest BCUT2D eigenvalue weighted by atomic mass is 16.2. The van der Waals surface area contributed by atoms with Gasteiger partial charge in [0.25, 0.3) is 5.91 Å². The Balaban J connectivity index is 1.56. The van der Waals surface area contributed by atoms with Gasteiger partial charge in [-0.2, -0.15) is 0 Å². The molecule has 3 rings (SSSR count). The molecule has 1 saturated heterocycles. The summed E-state index contributed by atoms with van der Waals surface area (Å²) in [4.78, 5) is 43.5. The molecule has 2 aromatic rings.